The van der Waals surface area contributed by atoms with Gasteiger partial charge in [0.15, 0.2) is 0 Å². The maximum Gasteiger partial charge on any atom is 0.0955 e. The molecule has 12 heavy (non-hydrogen) atoms. The van der Waals surface area contributed by atoms with Crippen molar-refractivity contribution < 1.29 is 4.74 Å². The molecule has 2 nitrogen and oxygen atoms in total. The molecule has 1 unspecified atom stereocenters. The molecule has 1 atom stereocenters. The summed E-state index contributed by atoms with van der Waals surface area (Å²) in [5.74, 6) is 0. The van der Waals surface area contributed by atoms with Gasteiger partial charge in [0.2, 0.25) is 0 Å². The summed E-state index contributed by atoms with van der Waals surface area (Å²) in [6.45, 7) is 3.22. The van der Waals surface area contributed by atoms with Crippen LogP contribution in [0.2, 0.25) is 0 Å². The molecule has 68 valence electrons. The van der Waals surface area contributed by atoms with Crippen LogP contribution in [-0.2, 0) is 4.74 Å². The smallest absolute Gasteiger partial charge is 0.0955 e. The Morgan fingerprint density at radius 3 is 2.92 bits per heavy atom. The van der Waals surface area contributed by atoms with E-state index in [2.05, 4.69) is 27.4 Å². The molecule has 0 saturated heterocycles. The average molecular weight is 250 g/mol. The van der Waals surface area contributed by atoms with Crippen LogP contribution in [0.25, 0.3) is 0 Å². The minimum Gasteiger partial charge on any atom is -0.372 e. The lowest BCUT2D eigenvalue weighted by molar-refractivity contribution is 0.0691. The van der Waals surface area contributed by atoms with Gasteiger partial charge in [-0.25, -0.2) is 0 Å². The molecular weight excluding hydrogens is 238 g/mol. The van der Waals surface area contributed by atoms with E-state index in [1.165, 1.54) is 0 Å². The van der Waals surface area contributed by atoms with Crippen molar-refractivity contribution in [2.45, 2.75) is 13.0 Å². The van der Waals surface area contributed by atoms with Crippen LogP contribution in [0.1, 0.15) is 18.6 Å². The molecule has 1 aromatic rings. The van der Waals surface area contributed by atoms with Crippen molar-refractivity contribution in [2.75, 3.05) is 13.2 Å². The van der Waals surface area contributed by atoms with Gasteiger partial charge in [-0.2, -0.15) is 0 Å². The quantitative estimate of drug-likeness (QED) is 0.891. The van der Waals surface area contributed by atoms with E-state index in [1.54, 1.807) is 11.3 Å². The summed E-state index contributed by atoms with van der Waals surface area (Å²) in [5, 5.41) is 2.07. The second kappa shape index (κ2) is 4.97. The van der Waals surface area contributed by atoms with Crippen molar-refractivity contribution in [3.63, 3.8) is 0 Å². The van der Waals surface area contributed by atoms with Crippen molar-refractivity contribution in [3.8, 4) is 0 Å². The topological polar surface area (TPSA) is 35.2 Å². The lowest BCUT2D eigenvalue weighted by Gasteiger charge is -2.12. The van der Waals surface area contributed by atoms with Gasteiger partial charge < -0.3 is 10.5 Å². The maximum absolute atomic E-state index is 5.56. The monoisotopic (exact) mass is 249 g/mol. The summed E-state index contributed by atoms with van der Waals surface area (Å²) >= 11 is 5.06. The molecule has 0 bridgehead atoms. The molecule has 0 spiro atoms. The van der Waals surface area contributed by atoms with Gasteiger partial charge in [0, 0.05) is 13.2 Å². The highest BCUT2D eigenvalue weighted by molar-refractivity contribution is 9.11. The Kier molecular flexibility index (Phi) is 4.21. The Balaban J connectivity index is 2.66. The second-order valence-corrected chi connectivity index (χ2v) is 4.65. The summed E-state index contributed by atoms with van der Waals surface area (Å²) in [5.41, 5.74) is 6.73. The third kappa shape index (κ3) is 2.55. The van der Waals surface area contributed by atoms with Gasteiger partial charge in [-0.3, -0.25) is 0 Å². The summed E-state index contributed by atoms with van der Waals surface area (Å²) < 4.78 is 6.57. The van der Waals surface area contributed by atoms with Gasteiger partial charge in [-0.05, 0) is 39.9 Å². The first-order valence-corrected chi connectivity index (χ1v) is 5.50. The van der Waals surface area contributed by atoms with Gasteiger partial charge in [0.1, 0.15) is 0 Å². The average Bonchev–Trinajstić information content (AvgIpc) is 2.47. The van der Waals surface area contributed by atoms with E-state index >= 15 is 0 Å². The molecule has 4 heteroatoms. The number of ether oxygens (including phenoxy) is 1. The largest absolute Gasteiger partial charge is 0.372 e. The number of nitrogens with two attached hydrogens (primary N) is 1. The van der Waals surface area contributed by atoms with Crippen LogP contribution in [-0.4, -0.2) is 13.2 Å². The summed E-state index contributed by atoms with van der Waals surface area (Å²) in [7, 11) is 0. The maximum atomic E-state index is 5.56. The Hall–Kier alpha value is 0.100. The highest BCUT2D eigenvalue weighted by Crippen LogP contribution is 2.26. The SMILES string of the molecule is CCOC(CN)c1csc(Br)c1. The van der Waals surface area contributed by atoms with Gasteiger partial charge in [0.25, 0.3) is 0 Å². The lowest BCUT2D eigenvalue weighted by atomic mass is 10.2. The zero-order valence-corrected chi connectivity index (χ0v) is 9.32. The molecular formula is C8H12BrNOS. The number of rotatable bonds is 4. The number of halogens is 1. The van der Waals surface area contributed by atoms with Crippen molar-refractivity contribution in [3.05, 3.63) is 20.8 Å². The van der Waals surface area contributed by atoms with E-state index in [9.17, 15) is 0 Å². The van der Waals surface area contributed by atoms with Crippen LogP contribution in [0.3, 0.4) is 0 Å². The van der Waals surface area contributed by atoms with Gasteiger partial charge in [-0.1, -0.05) is 0 Å². The lowest BCUT2D eigenvalue weighted by Crippen LogP contribution is -2.14. The molecule has 0 radical (unpaired) electrons. The van der Waals surface area contributed by atoms with Crippen molar-refractivity contribution >= 4 is 27.3 Å². The minimum atomic E-state index is 0.0533. The van der Waals surface area contributed by atoms with Crippen LogP contribution in [0.5, 0.6) is 0 Å². The van der Waals surface area contributed by atoms with E-state index in [0.29, 0.717) is 13.2 Å². The fraction of sp³-hybridized carbons (Fsp3) is 0.500. The fourth-order valence-corrected chi connectivity index (χ4v) is 2.21. The molecule has 2 N–H and O–H groups in total. The van der Waals surface area contributed by atoms with Crippen molar-refractivity contribution in [1.82, 2.24) is 0 Å². The van der Waals surface area contributed by atoms with E-state index in [4.69, 9.17) is 10.5 Å². The molecule has 0 fully saturated rings. The molecule has 0 aromatic carbocycles. The normalized spacial score (nSPS) is 13.2. The highest BCUT2D eigenvalue weighted by Gasteiger charge is 2.10. The molecule has 0 amide bonds. The van der Waals surface area contributed by atoms with Crippen LogP contribution in [0.15, 0.2) is 15.2 Å². The zero-order chi connectivity index (χ0) is 8.97. The van der Waals surface area contributed by atoms with E-state index in [-0.39, 0.29) is 6.10 Å². The Labute approximate surface area is 84.9 Å². The Morgan fingerprint density at radius 2 is 2.50 bits per heavy atom. The second-order valence-electron chi connectivity index (χ2n) is 2.36. The minimum absolute atomic E-state index is 0.0533. The van der Waals surface area contributed by atoms with Gasteiger partial charge in [0.05, 0.1) is 9.89 Å². The van der Waals surface area contributed by atoms with Gasteiger partial charge in [-0.15, -0.1) is 11.3 Å². The molecule has 0 aliphatic carbocycles. The van der Waals surface area contributed by atoms with Crippen molar-refractivity contribution in [2.24, 2.45) is 5.73 Å². The molecule has 0 saturated carbocycles. The standard InChI is InChI=1S/C8H12BrNOS/c1-2-11-7(4-10)6-3-8(9)12-5-6/h3,5,7H,2,4,10H2,1H3. The third-order valence-corrected chi connectivity index (χ3v) is 3.06. The summed E-state index contributed by atoms with van der Waals surface area (Å²) in [4.78, 5) is 0. The van der Waals surface area contributed by atoms with E-state index in [1.807, 2.05) is 6.92 Å². The number of thiophene rings is 1. The predicted molar refractivity (Wildman–Crippen MR) is 55.4 cm³/mol. The van der Waals surface area contributed by atoms with Crippen molar-refractivity contribution in [1.29, 1.82) is 0 Å². The molecule has 1 heterocycles. The molecule has 0 aliphatic heterocycles. The first-order chi connectivity index (χ1) is 5.77. The predicted octanol–water partition coefficient (Wildman–Crippen LogP) is 2.55. The van der Waals surface area contributed by atoms with E-state index in [0.717, 1.165) is 9.35 Å². The van der Waals surface area contributed by atoms with Crippen LogP contribution < -0.4 is 5.73 Å². The first kappa shape index (κ1) is 10.2. The fourth-order valence-electron chi connectivity index (χ4n) is 0.994. The van der Waals surface area contributed by atoms with Crippen LogP contribution in [0, 0.1) is 0 Å². The zero-order valence-electron chi connectivity index (χ0n) is 6.92. The van der Waals surface area contributed by atoms with E-state index < -0.39 is 0 Å². The summed E-state index contributed by atoms with van der Waals surface area (Å²) in [6, 6.07) is 2.05. The van der Waals surface area contributed by atoms with Crippen LogP contribution in [0.4, 0.5) is 0 Å². The molecule has 0 aliphatic rings. The molecule has 1 aromatic heterocycles. The summed E-state index contributed by atoms with van der Waals surface area (Å²) in [6.07, 6.45) is 0.0533. The highest BCUT2D eigenvalue weighted by atomic mass is 79.9. The van der Waals surface area contributed by atoms with Gasteiger partial charge >= 0.3 is 0 Å². The molecule has 1 rings (SSSR count). The Bertz CT molecular complexity index is 239. The number of hydrogen-bond acceptors (Lipinski definition) is 3. The number of hydrogen-bond donors (Lipinski definition) is 1. The first-order valence-electron chi connectivity index (χ1n) is 3.83. The third-order valence-electron chi connectivity index (χ3n) is 1.54. The van der Waals surface area contributed by atoms with Crippen LogP contribution >= 0.6 is 27.3 Å². The Morgan fingerprint density at radius 1 is 1.75 bits per heavy atom.